The number of rotatable bonds is 6. The molecule has 1 heterocycles. The fourth-order valence-corrected chi connectivity index (χ4v) is 2.70. The summed E-state index contributed by atoms with van der Waals surface area (Å²) in [6.45, 7) is 1.76. The molecule has 4 nitrogen and oxygen atoms in total. The molecular formula is C15H18F4N2O2. The predicted octanol–water partition coefficient (Wildman–Crippen LogP) is 2.18. The number of methoxy groups -OCH3 is 1. The zero-order valence-electron chi connectivity index (χ0n) is 12.6. The van der Waals surface area contributed by atoms with Crippen molar-refractivity contribution in [1.82, 2.24) is 10.2 Å². The molecule has 0 saturated carbocycles. The van der Waals surface area contributed by atoms with Gasteiger partial charge in [-0.3, -0.25) is 9.69 Å². The molecule has 0 bridgehead atoms. The molecule has 1 aromatic rings. The lowest BCUT2D eigenvalue weighted by Gasteiger charge is -2.17. The van der Waals surface area contributed by atoms with Gasteiger partial charge in [0.2, 0.25) is 0 Å². The van der Waals surface area contributed by atoms with E-state index >= 15 is 0 Å². The summed E-state index contributed by atoms with van der Waals surface area (Å²) in [5.74, 6) is -3.17. The number of alkyl halides is 2. The van der Waals surface area contributed by atoms with Crippen molar-refractivity contribution in [2.75, 3.05) is 26.7 Å². The van der Waals surface area contributed by atoms with E-state index < -0.39 is 29.7 Å². The maximum absolute atomic E-state index is 13.6. The second kappa shape index (κ2) is 7.63. The molecular weight excluding hydrogens is 316 g/mol. The van der Waals surface area contributed by atoms with Gasteiger partial charge in [-0.2, -0.15) is 8.78 Å². The zero-order chi connectivity index (χ0) is 17.0. The van der Waals surface area contributed by atoms with E-state index in [2.05, 4.69) is 10.1 Å². The Kier molecular flexibility index (Phi) is 5.81. The summed E-state index contributed by atoms with van der Waals surface area (Å²) in [4.78, 5) is 12.8. The Morgan fingerprint density at radius 1 is 1.39 bits per heavy atom. The molecule has 1 aliphatic rings. The van der Waals surface area contributed by atoms with E-state index in [0.29, 0.717) is 25.2 Å². The van der Waals surface area contributed by atoms with E-state index in [-0.39, 0.29) is 12.5 Å². The molecule has 128 valence electrons. The normalized spacial score (nSPS) is 18.4. The van der Waals surface area contributed by atoms with Crippen molar-refractivity contribution in [3.63, 3.8) is 0 Å². The monoisotopic (exact) mass is 334 g/mol. The van der Waals surface area contributed by atoms with E-state index in [1.807, 2.05) is 4.90 Å². The minimum absolute atomic E-state index is 0.0469. The van der Waals surface area contributed by atoms with Gasteiger partial charge >= 0.3 is 6.43 Å². The quantitative estimate of drug-likeness (QED) is 0.811. The number of nitrogens with one attached hydrogen (secondary N) is 1. The van der Waals surface area contributed by atoms with Crippen LogP contribution < -0.4 is 10.1 Å². The number of hydrogen-bond donors (Lipinski definition) is 1. The number of halogens is 4. The van der Waals surface area contributed by atoms with Gasteiger partial charge in [-0.15, -0.1) is 0 Å². The smallest absolute Gasteiger partial charge is 0.315 e. The maximum atomic E-state index is 13.6. The summed E-state index contributed by atoms with van der Waals surface area (Å²) in [6, 6.07) is 2.43. The number of benzene rings is 1. The first-order chi connectivity index (χ1) is 10.9. The number of carbonyl (C=O) groups excluding carboxylic acids is 1. The Morgan fingerprint density at radius 2 is 2.04 bits per heavy atom. The van der Waals surface area contributed by atoms with E-state index in [1.54, 1.807) is 0 Å². The summed E-state index contributed by atoms with van der Waals surface area (Å²) in [5, 5.41) is 2.19. The summed E-state index contributed by atoms with van der Waals surface area (Å²) in [6.07, 6.45) is -2.29. The molecule has 0 unspecified atom stereocenters. The summed E-state index contributed by atoms with van der Waals surface area (Å²) >= 11 is 0. The van der Waals surface area contributed by atoms with Crippen molar-refractivity contribution in [2.45, 2.75) is 19.4 Å². The van der Waals surface area contributed by atoms with Crippen LogP contribution in [-0.2, 0) is 11.3 Å². The third kappa shape index (κ3) is 4.57. The Bertz CT molecular complexity index is 545. The third-order valence-corrected chi connectivity index (χ3v) is 3.80. The predicted molar refractivity (Wildman–Crippen MR) is 75.3 cm³/mol. The number of hydrogen-bond acceptors (Lipinski definition) is 3. The number of carbonyl (C=O) groups is 1. The van der Waals surface area contributed by atoms with Crippen LogP contribution in [0.3, 0.4) is 0 Å². The molecule has 1 amide bonds. The van der Waals surface area contributed by atoms with Gasteiger partial charge in [-0.25, -0.2) is 8.78 Å². The SMILES string of the molecule is COc1c(F)cc(CN2CC[C@@H](CNC(=O)C(F)F)C2)cc1F. The van der Waals surface area contributed by atoms with E-state index in [9.17, 15) is 22.4 Å². The number of amides is 1. The molecule has 1 fully saturated rings. The van der Waals surface area contributed by atoms with Crippen LogP contribution in [0.1, 0.15) is 12.0 Å². The molecule has 0 aliphatic carbocycles. The highest BCUT2D eigenvalue weighted by Gasteiger charge is 2.25. The topological polar surface area (TPSA) is 41.6 Å². The molecule has 1 atom stereocenters. The van der Waals surface area contributed by atoms with Gasteiger partial charge in [0, 0.05) is 19.6 Å². The molecule has 0 spiro atoms. The average Bonchev–Trinajstić information content (AvgIpc) is 2.91. The molecule has 0 radical (unpaired) electrons. The second-order valence-electron chi connectivity index (χ2n) is 5.53. The molecule has 23 heavy (non-hydrogen) atoms. The van der Waals surface area contributed by atoms with Crippen LogP contribution in [0.2, 0.25) is 0 Å². The molecule has 1 saturated heterocycles. The van der Waals surface area contributed by atoms with Crippen molar-refractivity contribution in [2.24, 2.45) is 5.92 Å². The van der Waals surface area contributed by atoms with Crippen LogP contribution >= 0.6 is 0 Å². The van der Waals surface area contributed by atoms with Crippen molar-refractivity contribution < 1.29 is 27.1 Å². The van der Waals surface area contributed by atoms with Gasteiger partial charge in [0.25, 0.3) is 5.91 Å². The molecule has 1 N–H and O–H groups in total. The molecule has 0 aromatic heterocycles. The fourth-order valence-electron chi connectivity index (χ4n) is 2.70. The molecule has 1 aliphatic heterocycles. The van der Waals surface area contributed by atoms with Gasteiger partial charge in [0.15, 0.2) is 17.4 Å². The Morgan fingerprint density at radius 3 is 2.61 bits per heavy atom. The van der Waals surface area contributed by atoms with Crippen LogP contribution in [0.5, 0.6) is 5.75 Å². The van der Waals surface area contributed by atoms with Crippen LogP contribution in [0.25, 0.3) is 0 Å². The Labute approximate surface area is 131 Å². The lowest BCUT2D eigenvalue weighted by Crippen LogP contribution is -2.34. The maximum Gasteiger partial charge on any atom is 0.315 e. The summed E-state index contributed by atoms with van der Waals surface area (Å²) < 4.78 is 56.1. The standard InChI is InChI=1S/C15H18F4N2O2/c1-23-13-11(16)4-10(5-12(13)17)8-21-3-2-9(7-21)6-20-15(22)14(18)19/h4-5,9,14H,2-3,6-8H2,1H3,(H,20,22)/t9-/m0/s1. The molecule has 2 rings (SSSR count). The van der Waals surface area contributed by atoms with Crippen LogP contribution in [0.4, 0.5) is 17.6 Å². The number of nitrogens with zero attached hydrogens (tertiary/aromatic N) is 1. The van der Waals surface area contributed by atoms with Gasteiger partial charge < -0.3 is 10.1 Å². The largest absolute Gasteiger partial charge is 0.491 e. The summed E-state index contributed by atoms with van der Waals surface area (Å²) in [5.41, 5.74) is 0.470. The average molecular weight is 334 g/mol. The molecule has 8 heteroatoms. The van der Waals surface area contributed by atoms with Crippen molar-refractivity contribution in [1.29, 1.82) is 0 Å². The van der Waals surface area contributed by atoms with Crippen LogP contribution in [-0.4, -0.2) is 44.0 Å². The van der Waals surface area contributed by atoms with Gasteiger partial charge in [-0.05, 0) is 36.6 Å². The molecule has 1 aromatic carbocycles. The van der Waals surface area contributed by atoms with Crippen molar-refractivity contribution in [3.8, 4) is 5.75 Å². The first-order valence-corrected chi connectivity index (χ1v) is 7.20. The Hall–Kier alpha value is -1.83. The lowest BCUT2D eigenvalue weighted by atomic mass is 10.1. The zero-order valence-corrected chi connectivity index (χ0v) is 12.6. The minimum Gasteiger partial charge on any atom is -0.491 e. The van der Waals surface area contributed by atoms with Gasteiger partial charge in [-0.1, -0.05) is 0 Å². The minimum atomic E-state index is -3.02. The number of likely N-dealkylation sites (tertiary alicyclic amines) is 1. The van der Waals surface area contributed by atoms with Crippen molar-refractivity contribution >= 4 is 5.91 Å². The highest BCUT2D eigenvalue weighted by Crippen LogP contribution is 2.25. The van der Waals surface area contributed by atoms with E-state index in [4.69, 9.17) is 0 Å². The highest BCUT2D eigenvalue weighted by atomic mass is 19.3. The van der Waals surface area contributed by atoms with Crippen molar-refractivity contribution in [3.05, 3.63) is 29.3 Å². The van der Waals surface area contributed by atoms with Gasteiger partial charge in [0.05, 0.1) is 7.11 Å². The van der Waals surface area contributed by atoms with Crippen LogP contribution in [0, 0.1) is 17.6 Å². The van der Waals surface area contributed by atoms with Crippen LogP contribution in [0.15, 0.2) is 12.1 Å². The fraction of sp³-hybridized carbons (Fsp3) is 0.533. The Balaban J connectivity index is 1.87. The highest BCUT2D eigenvalue weighted by molar-refractivity contribution is 5.79. The lowest BCUT2D eigenvalue weighted by molar-refractivity contribution is -0.131. The number of ether oxygens (including phenoxy) is 1. The van der Waals surface area contributed by atoms with Gasteiger partial charge in [0.1, 0.15) is 0 Å². The summed E-state index contributed by atoms with van der Waals surface area (Å²) in [7, 11) is 1.19. The van der Waals surface area contributed by atoms with E-state index in [0.717, 1.165) is 6.42 Å². The first-order valence-electron chi connectivity index (χ1n) is 7.20. The second-order valence-corrected chi connectivity index (χ2v) is 5.53. The third-order valence-electron chi connectivity index (χ3n) is 3.80. The van der Waals surface area contributed by atoms with E-state index in [1.165, 1.54) is 19.2 Å². The first kappa shape index (κ1) is 17.5.